The molecule has 0 spiro atoms. The molecule has 0 N–H and O–H groups in total. The molecule has 10 heteroatoms. The molecular weight excluding hydrogens is 392 g/mol. The Morgan fingerprint density at radius 3 is 2.48 bits per heavy atom. The van der Waals surface area contributed by atoms with Gasteiger partial charge < -0.3 is 9.64 Å². The van der Waals surface area contributed by atoms with Crippen LogP contribution in [0.4, 0.5) is 5.82 Å². The lowest BCUT2D eigenvalue weighted by molar-refractivity contribution is 0.331. The average molecular weight is 414 g/mol. The molecule has 3 heterocycles. The van der Waals surface area contributed by atoms with Gasteiger partial charge in [0.25, 0.3) is 0 Å². The second-order valence-electron chi connectivity index (χ2n) is 6.57. The highest BCUT2D eigenvalue weighted by Gasteiger charge is 2.27. The third-order valence-corrected chi connectivity index (χ3v) is 6.55. The number of hydrogen-bond donors (Lipinski definition) is 0. The Morgan fingerprint density at radius 2 is 1.76 bits per heavy atom. The number of nitrogens with zero attached hydrogens (tertiary/aromatic N) is 6. The second-order valence-corrected chi connectivity index (χ2v) is 8.66. The number of piperazine rings is 1. The van der Waals surface area contributed by atoms with Crippen LogP contribution in [-0.4, -0.2) is 70.8 Å². The van der Waals surface area contributed by atoms with E-state index in [2.05, 4.69) is 19.9 Å². The lowest BCUT2D eigenvalue weighted by atomic mass is 10.3. The number of hydrogen-bond acceptors (Lipinski definition) is 7. The number of para-hydroxylation sites is 1. The first-order valence-corrected chi connectivity index (χ1v) is 10.9. The van der Waals surface area contributed by atoms with E-state index in [-0.39, 0.29) is 12.4 Å². The van der Waals surface area contributed by atoms with Crippen molar-refractivity contribution >= 4 is 15.8 Å². The van der Waals surface area contributed by atoms with E-state index >= 15 is 0 Å². The van der Waals surface area contributed by atoms with E-state index in [9.17, 15) is 8.42 Å². The molecule has 0 saturated carbocycles. The average Bonchev–Trinajstić information content (AvgIpc) is 3.30. The molecule has 4 rings (SSSR count). The van der Waals surface area contributed by atoms with Gasteiger partial charge in [-0.3, -0.25) is 4.57 Å². The lowest BCUT2D eigenvalue weighted by Crippen LogP contribution is -2.50. The van der Waals surface area contributed by atoms with Gasteiger partial charge in [-0.1, -0.05) is 18.2 Å². The predicted molar refractivity (Wildman–Crippen MR) is 109 cm³/mol. The molecular formula is C19H22N6O3S. The fourth-order valence-corrected chi connectivity index (χ4v) is 4.42. The molecule has 0 aliphatic carbocycles. The molecule has 0 unspecified atom stereocenters. The van der Waals surface area contributed by atoms with E-state index in [0.717, 1.165) is 11.6 Å². The van der Waals surface area contributed by atoms with Gasteiger partial charge in [0.15, 0.2) is 0 Å². The van der Waals surface area contributed by atoms with Crippen LogP contribution >= 0.6 is 0 Å². The Balaban J connectivity index is 1.32. The standard InChI is InChI=1S/C19H22N6O3S/c26-29(27,13-12-28-17-4-2-1-3-5-17)25-10-8-23(9-11-25)18-14-19(22-15-21-18)24-7-6-20-16-24/h1-7,14-16H,8-13H2. The summed E-state index contributed by atoms with van der Waals surface area (Å²) in [4.78, 5) is 14.7. The van der Waals surface area contributed by atoms with Crippen molar-refractivity contribution in [3.8, 4) is 11.6 Å². The molecule has 9 nitrogen and oxygen atoms in total. The van der Waals surface area contributed by atoms with Gasteiger partial charge in [0.2, 0.25) is 10.0 Å². The molecule has 1 aromatic carbocycles. The van der Waals surface area contributed by atoms with Crippen LogP contribution in [0.25, 0.3) is 5.82 Å². The topological polar surface area (TPSA) is 93.5 Å². The number of rotatable bonds is 7. The summed E-state index contributed by atoms with van der Waals surface area (Å²) in [5, 5.41) is 0. The van der Waals surface area contributed by atoms with E-state index in [1.807, 2.05) is 42.6 Å². The van der Waals surface area contributed by atoms with Crippen molar-refractivity contribution in [3.05, 3.63) is 61.4 Å². The number of ether oxygens (including phenoxy) is 1. The Labute approximate surface area is 169 Å². The molecule has 0 atom stereocenters. The maximum atomic E-state index is 12.6. The molecule has 29 heavy (non-hydrogen) atoms. The zero-order valence-electron chi connectivity index (χ0n) is 15.8. The van der Waals surface area contributed by atoms with Crippen molar-refractivity contribution < 1.29 is 13.2 Å². The van der Waals surface area contributed by atoms with E-state index in [1.54, 1.807) is 17.1 Å². The monoisotopic (exact) mass is 414 g/mol. The summed E-state index contributed by atoms with van der Waals surface area (Å²) in [6, 6.07) is 11.1. The molecule has 1 aliphatic rings. The number of aromatic nitrogens is 4. The van der Waals surface area contributed by atoms with Crippen LogP contribution in [0.3, 0.4) is 0 Å². The summed E-state index contributed by atoms with van der Waals surface area (Å²) >= 11 is 0. The van der Waals surface area contributed by atoms with Crippen molar-refractivity contribution in [2.24, 2.45) is 0 Å². The number of imidazole rings is 1. The minimum Gasteiger partial charge on any atom is -0.492 e. The quantitative estimate of drug-likeness (QED) is 0.573. The molecule has 1 saturated heterocycles. The fourth-order valence-electron chi connectivity index (χ4n) is 3.15. The molecule has 1 aliphatic heterocycles. The summed E-state index contributed by atoms with van der Waals surface area (Å²) < 4.78 is 34.1. The largest absolute Gasteiger partial charge is 0.492 e. The smallest absolute Gasteiger partial charge is 0.217 e. The van der Waals surface area contributed by atoms with Crippen LogP contribution in [0.5, 0.6) is 5.75 Å². The summed E-state index contributed by atoms with van der Waals surface area (Å²) in [5.41, 5.74) is 0. The normalized spacial score (nSPS) is 15.4. The molecule has 3 aromatic rings. The maximum Gasteiger partial charge on any atom is 0.217 e. The highest BCUT2D eigenvalue weighted by Crippen LogP contribution is 2.17. The third kappa shape index (κ3) is 4.72. The van der Waals surface area contributed by atoms with Gasteiger partial charge in [0, 0.05) is 44.6 Å². The Bertz CT molecular complexity index is 1020. The van der Waals surface area contributed by atoms with Crippen molar-refractivity contribution in [2.45, 2.75) is 0 Å². The zero-order valence-corrected chi connectivity index (χ0v) is 16.6. The van der Waals surface area contributed by atoms with E-state index in [4.69, 9.17) is 4.74 Å². The van der Waals surface area contributed by atoms with Crippen LogP contribution in [0.2, 0.25) is 0 Å². The molecule has 1 fully saturated rings. The zero-order chi connectivity index (χ0) is 20.1. The van der Waals surface area contributed by atoms with Crippen molar-refractivity contribution in [3.63, 3.8) is 0 Å². The van der Waals surface area contributed by atoms with Crippen LogP contribution < -0.4 is 9.64 Å². The van der Waals surface area contributed by atoms with Gasteiger partial charge in [0.1, 0.15) is 36.6 Å². The Kier molecular flexibility index (Phi) is 5.72. The molecule has 0 bridgehead atoms. The second kappa shape index (κ2) is 8.58. The Hall–Kier alpha value is -2.98. The van der Waals surface area contributed by atoms with Crippen LogP contribution in [-0.2, 0) is 10.0 Å². The Morgan fingerprint density at radius 1 is 1.00 bits per heavy atom. The van der Waals surface area contributed by atoms with Crippen molar-refractivity contribution in [1.82, 2.24) is 23.8 Å². The first-order chi connectivity index (χ1) is 14.1. The highest BCUT2D eigenvalue weighted by atomic mass is 32.2. The number of sulfonamides is 1. The van der Waals surface area contributed by atoms with Crippen LogP contribution in [0.15, 0.2) is 61.4 Å². The highest BCUT2D eigenvalue weighted by molar-refractivity contribution is 7.89. The summed E-state index contributed by atoms with van der Waals surface area (Å²) in [6.07, 6.45) is 6.68. The van der Waals surface area contributed by atoms with E-state index < -0.39 is 10.0 Å². The van der Waals surface area contributed by atoms with E-state index in [0.29, 0.717) is 31.9 Å². The van der Waals surface area contributed by atoms with Crippen LogP contribution in [0.1, 0.15) is 0 Å². The van der Waals surface area contributed by atoms with Gasteiger partial charge in [-0.2, -0.15) is 4.31 Å². The molecule has 152 valence electrons. The van der Waals surface area contributed by atoms with E-state index in [1.165, 1.54) is 10.6 Å². The van der Waals surface area contributed by atoms with Crippen LogP contribution in [0, 0.1) is 0 Å². The molecule has 0 radical (unpaired) electrons. The summed E-state index contributed by atoms with van der Waals surface area (Å²) in [5.74, 6) is 2.12. The van der Waals surface area contributed by atoms with Gasteiger partial charge in [-0.15, -0.1) is 0 Å². The summed E-state index contributed by atoms with van der Waals surface area (Å²) in [7, 11) is -3.37. The number of benzene rings is 1. The third-order valence-electron chi connectivity index (χ3n) is 4.72. The first kappa shape index (κ1) is 19.3. The fraction of sp³-hybridized carbons (Fsp3) is 0.316. The molecule has 2 aromatic heterocycles. The number of anilines is 1. The molecule has 0 amide bonds. The van der Waals surface area contributed by atoms with Gasteiger partial charge >= 0.3 is 0 Å². The van der Waals surface area contributed by atoms with Gasteiger partial charge in [-0.05, 0) is 12.1 Å². The SMILES string of the molecule is O=S(=O)(CCOc1ccccc1)N1CCN(c2cc(-n3ccnc3)ncn2)CC1. The lowest BCUT2D eigenvalue weighted by Gasteiger charge is -2.34. The summed E-state index contributed by atoms with van der Waals surface area (Å²) in [6.45, 7) is 2.10. The van der Waals surface area contributed by atoms with Gasteiger partial charge in [0.05, 0.1) is 5.75 Å². The van der Waals surface area contributed by atoms with Crippen molar-refractivity contribution in [1.29, 1.82) is 0 Å². The minimum absolute atomic E-state index is 0.0415. The van der Waals surface area contributed by atoms with Gasteiger partial charge in [-0.25, -0.2) is 23.4 Å². The first-order valence-electron chi connectivity index (χ1n) is 9.33. The van der Waals surface area contributed by atoms with Crippen molar-refractivity contribution in [2.75, 3.05) is 43.4 Å². The predicted octanol–water partition coefficient (Wildman–Crippen LogP) is 1.19. The minimum atomic E-state index is -3.37. The maximum absolute atomic E-state index is 12.6.